The van der Waals surface area contributed by atoms with E-state index in [4.69, 9.17) is 9.26 Å². The lowest BCUT2D eigenvalue weighted by atomic mass is 9.99. The van der Waals surface area contributed by atoms with E-state index in [0.717, 1.165) is 6.07 Å². The number of urea groups is 1. The summed E-state index contributed by atoms with van der Waals surface area (Å²) in [4.78, 5) is 29.4. The highest BCUT2D eigenvalue weighted by molar-refractivity contribution is 5.92. The summed E-state index contributed by atoms with van der Waals surface area (Å²) in [7, 11) is 2.88. The van der Waals surface area contributed by atoms with E-state index in [1.807, 2.05) is 0 Å². The molecule has 1 aromatic carbocycles. The topological polar surface area (TPSA) is 162 Å². The van der Waals surface area contributed by atoms with Gasteiger partial charge < -0.3 is 14.6 Å². The van der Waals surface area contributed by atoms with Crippen LogP contribution in [0.25, 0.3) is 22.5 Å². The molecule has 0 aliphatic heterocycles. The molecule has 0 aliphatic rings. The maximum absolute atomic E-state index is 15.0. The number of rotatable bonds is 6. The summed E-state index contributed by atoms with van der Waals surface area (Å²) in [5, 5.41) is 17.5. The van der Waals surface area contributed by atoms with Crippen molar-refractivity contribution in [2.45, 2.75) is 13.0 Å². The van der Waals surface area contributed by atoms with Crippen molar-refractivity contribution < 1.29 is 27.6 Å². The number of benzene rings is 1. The zero-order valence-corrected chi connectivity index (χ0v) is 19.1. The van der Waals surface area contributed by atoms with Gasteiger partial charge in [-0.2, -0.15) is 4.80 Å². The Morgan fingerprint density at radius 2 is 1.97 bits per heavy atom. The van der Waals surface area contributed by atoms with Gasteiger partial charge in [-0.05, 0) is 35.0 Å². The number of nitrogens with one attached hydrogen (secondary N) is 3. The molecule has 1 atom stereocenters. The molecule has 186 valence electrons. The molecule has 0 saturated heterocycles. The van der Waals surface area contributed by atoms with Gasteiger partial charge in [0, 0.05) is 11.8 Å². The molecular weight excluding hydrogens is 480 g/mol. The molecule has 3 heterocycles. The van der Waals surface area contributed by atoms with Crippen molar-refractivity contribution in [2.24, 2.45) is 7.05 Å². The van der Waals surface area contributed by atoms with Gasteiger partial charge in [-0.1, -0.05) is 12.1 Å². The molecule has 0 spiro atoms. The maximum Gasteiger partial charge on any atom is 0.334 e. The van der Waals surface area contributed by atoms with Crippen LogP contribution in [-0.2, 0) is 7.05 Å². The fourth-order valence-corrected chi connectivity index (χ4v) is 3.23. The SMILES string of the molecule is COc1cc(C(=O)NNC(=O)N[C@H](C)c2ncc(-c3cccc(F)c3-c3nnn(C)n3)cc2F)on1. The molecule has 3 amide bonds. The summed E-state index contributed by atoms with van der Waals surface area (Å²) in [6.45, 7) is 1.49. The highest BCUT2D eigenvalue weighted by Crippen LogP contribution is 2.33. The predicted octanol–water partition coefficient (Wildman–Crippen LogP) is 1.92. The largest absolute Gasteiger partial charge is 0.479 e. The van der Waals surface area contributed by atoms with Crippen LogP contribution in [0.2, 0.25) is 0 Å². The molecule has 4 aromatic rings. The second-order valence-electron chi connectivity index (χ2n) is 7.36. The van der Waals surface area contributed by atoms with Gasteiger partial charge in [-0.15, -0.1) is 10.2 Å². The summed E-state index contributed by atoms with van der Waals surface area (Å²) >= 11 is 0. The Morgan fingerprint density at radius 1 is 1.17 bits per heavy atom. The van der Waals surface area contributed by atoms with E-state index in [1.54, 1.807) is 6.07 Å². The molecule has 13 nitrogen and oxygen atoms in total. The number of aromatic nitrogens is 6. The van der Waals surface area contributed by atoms with E-state index in [1.165, 1.54) is 50.3 Å². The van der Waals surface area contributed by atoms with E-state index in [9.17, 15) is 18.4 Å². The predicted molar refractivity (Wildman–Crippen MR) is 118 cm³/mol. The first-order valence-electron chi connectivity index (χ1n) is 10.3. The quantitative estimate of drug-likeness (QED) is 0.337. The van der Waals surface area contributed by atoms with Gasteiger partial charge in [0.2, 0.25) is 11.6 Å². The van der Waals surface area contributed by atoms with Crippen molar-refractivity contribution in [2.75, 3.05) is 7.11 Å². The van der Waals surface area contributed by atoms with Gasteiger partial charge in [0.1, 0.15) is 11.6 Å². The Hall–Kier alpha value is -4.95. The Bertz CT molecular complexity index is 1420. The van der Waals surface area contributed by atoms with Crippen molar-refractivity contribution in [1.82, 2.24) is 46.5 Å². The van der Waals surface area contributed by atoms with Crippen LogP contribution < -0.4 is 20.9 Å². The highest BCUT2D eigenvalue weighted by atomic mass is 19.1. The standard InChI is InChI=1S/C21H19F2N9O4/c1-10(25-21(34)28-27-20(33)15-8-16(35-3)30-36-15)18-14(23)7-11(9-24-18)12-5-4-6-13(22)17(12)19-26-31-32(2)29-19/h4-10H,1-3H3,(H,27,33)(H2,25,28,34)/t10-/m1/s1. The number of aryl methyl sites for hydroxylation is 1. The first kappa shape index (κ1) is 24.2. The first-order chi connectivity index (χ1) is 17.3. The maximum atomic E-state index is 15.0. The minimum absolute atomic E-state index is 0.0348. The summed E-state index contributed by atoms with van der Waals surface area (Å²) in [5.41, 5.74) is 4.75. The van der Waals surface area contributed by atoms with Crippen molar-refractivity contribution in [3.05, 3.63) is 59.6 Å². The molecule has 36 heavy (non-hydrogen) atoms. The number of hydrazine groups is 1. The number of amides is 3. The average Bonchev–Trinajstić information content (AvgIpc) is 3.51. The lowest BCUT2D eigenvalue weighted by Crippen LogP contribution is -2.47. The van der Waals surface area contributed by atoms with Crippen molar-refractivity contribution in [1.29, 1.82) is 0 Å². The van der Waals surface area contributed by atoms with E-state index in [-0.39, 0.29) is 34.3 Å². The third kappa shape index (κ3) is 5.08. The number of carbonyl (C=O) groups is 2. The molecule has 3 N–H and O–H groups in total. The zero-order valence-electron chi connectivity index (χ0n) is 19.1. The Balaban J connectivity index is 1.45. The molecule has 0 saturated carbocycles. The first-order valence-corrected chi connectivity index (χ1v) is 10.3. The zero-order chi connectivity index (χ0) is 25.8. The van der Waals surface area contributed by atoms with Crippen LogP contribution in [0.15, 0.2) is 41.1 Å². The minimum Gasteiger partial charge on any atom is -0.479 e. The monoisotopic (exact) mass is 499 g/mol. The summed E-state index contributed by atoms with van der Waals surface area (Å²) in [5.74, 6) is -2.22. The third-order valence-electron chi connectivity index (χ3n) is 4.89. The van der Waals surface area contributed by atoms with Crippen molar-refractivity contribution >= 4 is 11.9 Å². The van der Waals surface area contributed by atoms with Crippen molar-refractivity contribution in [3.63, 3.8) is 0 Å². The van der Waals surface area contributed by atoms with Gasteiger partial charge in [-0.3, -0.25) is 15.2 Å². The van der Waals surface area contributed by atoms with Crippen LogP contribution in [-0.4, -0.2) is 49.4 Å². The van der Waals surface area contributed by atoms with Gasteiger partial charge in [0.15, 0.2) is 0 Å². The number of pyridine rings is 1. The van der Waals surface area contributed by atoms with Crippen molar-refractivity contribution in [3.8, 4) is 28.4 Å². The number of halogens is 2. The number of carbonyl (C=O) groups excluding carboxylic acids is 2. The fourth-order valence-electron chi connectivity index (χ4n) is 3.23. The number of hydrogen-bond acceptors (Lipinski definition) is 9. The van der Waals surface area contributed by atoms with E-state index >= 15 is 0 Å². The van der Waals surface area contributed by atoms with Gasteiger partial charge in [0.25, 0.3) is 5.88 Å². The summed E-state index contributed by atoms with van der Waals surface area (Å²) in [6.07, 6.45) is 1.34. The Labute approximate surface area is 201 Å². The molecular formula is C21H19F2N9O4. The molecule has 15 heteroatoms. The summed E-state index contributed by atoms with van der Waals surface area (Å²) in [6, 6.07) is 4.93. The Morgan fingerprint density at radius 3 is 2.64 bits per heavy atom. The van der Waals surface area contributed by atoms with Gasteiger partial charge >= 0.3 is 11.9 Å². The molecule has 0 radical (unpaired) electrons. The van der Waals surface area contributed by atoms with Crippen LogP contribution in [0.3, 0.4) is 0 Å². The summed E-state index contributed by atoms with van der Waals surface area (Å²) < 4.78 is 39.1. The van der Waals surface area contributed by atoms with Crippen LogP contribution in [0, 0.1) is 11.6 Å². The van der Waals surface area contributed by atoms with E-state index in [2.05, 4.69) is 41.7 Å². The van der Waals surface area contributed by atoms with Crippen LogP contribution in [0.5, 0.6) is 5.88 Å². The smallest absolute Gasteiger partial charge is 0.334 e. The number of ether oxygens (including phenoxy) is 1. The second kappa shape index (κ2) is 10.1. The van der Waals surface area contributed by atoms with E-state index < -0.39 is 29.6 Å². The van der Waals surface area contributed by atoms with Crippen LogP contribution >= 0.6 is 0 Å². The highest BCUT2D eigenvalue weighted by Gasteiger charge is 2.21. The lowest BCUT2D eigenvalue weighted by Gasteiger charge is -2.16. The van der Waals surface area contributed by atoms with Gasteiger partial charge in [-0.25, -0.2) is 19.0 Å². The molecule has 0 aliphatic carbocycles. The molecule has 4 rings (SSSR count). The second-order valence-corrected chi connectivity index (χ2v) is 7.36. The van der Waals surface area contributed by atoms with Crippen LogP contribution in [0.1, 0.15) is 29.2 Å². The molecule has 0 unspecified atom stereocenters. The normalized spacial score (nSPS) is 11.6. The third-order valence-corrected chi connectivity index (χ3v) is 4.89. The molecule has 3 aromatic heterocycles. The van der Waals surface area contributed by atoms with Crippen LogP contribution in [0.4, 0.5) is 13.6 Å². The van der Waals surface area contributed by atoms with E-state index in [0.29, 0.717) is 5.56 Å². The number of hydrogen-bond donors (Lipinski definition) is 3. The fraction of sp³-hybridized carbons (Fsp3) is 0.190. The number of methoxy groups -OCH3 is 1. The number of tetrazole rings is 1. The number of nitrogens with zero attached hydrogens (tertiary/aromatic N) is 6. The average molecular weight is 499 g/mol. The lowest BCUT2D eigenvalue weighted by molar-refractivity contribution is 0.0898. The van der Waals surface area contributed by atoms with Gasteiger partial charge in [0.05, 0.1) is 37.5 Å². The minimum atomic E-state index is -0.894. The molecule has 0 fully saturated rings. The Kier molecular flexibility index (Phi) is 6.80. The molecule has 0 bridgehead atoms.